The monoisotopic (exact) mass is 249 g/mol. The summed E-state index contributed by atoms with van der Waals surface area (Å²) in [5.74, 6) is -1.19. The maximum Gasteiger partial charge on any atom is 0.0643 e. The summed E-state index contributed by atoms with van der Waals surface area (Å²) >= 11 is 0. The van der Waals surface area contributed by atoms with Crippen molar-refractivity contribution in [2.24, 2.45) is 0 Å². The average molecular weight is 249 g/mol. The molecule has 0 bridgehead atoms. The Hall–Kier alpha value is -2.61. The van der Waals surface area contributed by atoms with Crippen LogP contribution in [0.2, 0.25) is 0 Å². The lowest BCUT2D eigenvalue weighted by molar-refractivity contribution is -0.297. The third-order valence-electron chi connectivity index (χ3n) is 2.81. The Morgan fingerprint density at radius 3 is 2.37 bits per heavy atom. The van der Waals surface area contributed by atoms with Crippen LogP contribution in [0.15, 0.2) is 61.2 Å². The van der Waals surface area contributed by atoms with Crippen molar-refractivity contribution in [3.05, 3.63) is 72.3 Å². The molecule has 0 saturated carbocycles. The minimum atomic E-state index is -1.19. The van der Waals surface area contributed by atoms with Gasteiger partial charge in [-0.05, 0) is 28.3 Å². The van der Waals surface area contributed by atoms with Gasteiger partial charge in [0.1, 0.15) is 0 Å². The fourth-order valence-electron chi connectivity index (χ4n) is 1.88. The van der Waals surface area contributed by atoms with Gasteiger partial charge in [0.05, 0.1) is 5.97 Å². The fourth-order valence-corrected chi connectivity index (χ4v) is 1.88. The van der Waals surface area contributed by atoms with Crippen LogP contribution in [0.4, 0.5) is 0 Å². The van der Waals surface area contributed by atoms with Crippen molar-refractivity contribution in [1.82, 2.24) is 0 Å². The molecule has 2 aromatic rings. The molecule has 0 aliphatic heterocycles. The van der Waals surface area contributed by atoms with Gasteiger partial charge in [-0.15, -0.1) is 0 Å². The summed E-state index contributed by atoms with van der Waals surface area (Å²) in [6.07, 6.45) is 4.35. The van der Waals surface area contributed by atoms with E-state index in [1.54, 1.807) is 0 Å². The molecule has 0 spiro atoms. The van der Waals surface area contributed by atoms with Gasteiger partial charge in [0.25, 0.3) is 0 Å². The molecule has 0 fully saturated rings. The number of carboxylic acids is 1. The first-order valence-corrected chi connectivity index (χ1v) is 5.91. The van der Waals surface area contributed by atoms with Gasteiger partial charge in [-0.2, -0.15) is 0 Å². The first-order valence-electron chi connectivity index (χ1n) is 5.91. The summed E-state index contributed by atoms with van der Waals surface area (Å²) in [5, 5.41) is 10.3. The predicted octanol–water partition coefficient (Wildman–Crippen LogP) is 2.76. The van der Waals surface area contributed by atoms with E-state index in [9.17, 15) is 9.90 Å². The van der Waals surface area contributed by atoms with Crippen LogP contribution in [0, 0.1) is 0 Å². The molecule has 94 valence electrons. The molecule has 0 aromatic heterocycles. The molecule has 0 heterocycles. The van der Waals surface area contributed by atoms with E-state index in [4.69, 9.17) is 0 Å². The molecular formula is C17H13O2-. The van der Waals surface area contributed by atoms with Crippen LogP contribution in [0.1, 0.15) is 11.1 Å². The SMILES string of the molecule is C=Cc1ccccc1-c1ccc(/C=C/C(=O)[O-])cc1. The Kier molecular flexibility index (Phi) is 3.94. The molecule has 0 N–H and O–H groups in total. The molecule has 0 atom stereocenters. The van der Waals surface area contributed by atoms with E-state index in [1.807, 2.05) is 54.6 Å². The summed E-state index contributed by atoms with van der Waals surface area (Å²) in [4.78, 5) is 10.3. The van der Waals surface area contributed by atoms with E-state index in [1.165, 1.54) is 6.08 Å². The number of aliphatic carboxylic acids is 1. The number of benzene rings is 2. The van der Waals surface area contributed by atoms with Crippen molar-refractivity contribution in [3.63, 3.8) is 0 Å². The molecule has 0 unspecified atom stereocenters. The quantitative estimate of drug-likeness (QED) is 0.782. The molecule has 2 nitrogen and oxygen atoms in total. The summed E-state index contributed by atoms with van der Waals surface area (Å²) < 4.78 is 0. The van der Waals surface area contributed by atoms with E-state index < -0.39 is 5.97 Å². The van der Waals surface area contributed by atoms with Crippen LogP contribution in [0.25, 0.3) is 23.3 Å². The first kappa shape index (κ1) is 12.8. The predicted molar refractivity (Wildman–Crippen MR) is 76.0 cm³/mol. The lowest BCUT2D eigenvalue weighted by atomic mass is 9.99. The van der Waals surface area contributed by atoms with Crippen LogP contribution in [-0.2, 0) is 4.79 Å². The number of carboxylic acid groups (broad SMARTS) is 1. The number of carbonyl (C=O) groups excluding carboxylic acids is 1. The molecule has 0 radical (unpaired) electrons. The fraction of sp³-hybridized carbons (Fsp3) is 0. The van der Waals surface area contributed by atoms with Crippen LogP contribution in [0.5, 0.6) is 0 Å². The number of rotatable bonds is 4. The highest BCUT2D eigenvalue weighted by Crippen LogP contribution is 2.24. The van der Waals surface area contributed by atoms with Crippen LogP contribution in [-0.4, -0.2) is 5.97 Å². The van der Waals surface area contributed by atoms with Gasteiger partial charge < -0.3 is 9.90 Å². The minimum absolute atomic E-state index is 0.823. The Bertz CT molecular complexity index is 622. The van der Waals surface area contributed by atoms with Gasteiger partial charge in [0.15, 0.2) is 0 Å². The summed E-state index contributed by atoms with van der Waals surface area (Å²) in [6.45, 7) is 3.80. The van der Waals surface area contributed by atoms with Gasteiger partial charge in [0.2, 0.25) is 0 Å². The maximum atomic E-state index is 10.3. The maximum absolute atomic E-state index is 10.3. The highest BCUT2D eigenvalue weighted by molar-refractivity contribution is 5.84. The lowest BCUT2D eigenvalue weighted by Gasteiger charge is -2.06. The highest BCUT2D eigenvalue weighted by atomic mass is 16.4. The molecule has 0 saturated heterocycles. The second-order valence-corrected chi connectivity index (χ2v) is 4.07. The van der Waals surface area contributed by atoms with Crippen LogP contribution in [0.3, 0.4) is 0 Å². The zero-order chi connectivity index (χ0) is 13.7. The van der Waals surface area contributed by atoms with Gasteiger partial charge >= 0.3 is 0 Å². The van der Waals surface area contributed by atoms with E-state index >= 15 is 0 Å². The second kappa shape index (κ2) is 5.83. The van der Waals surface area contributed by atoms with Gasteiger partial charge in [-0.3, -0.25) is 0 Å². The van der Waals surface area contributed by atoms with Crippen molar-refractivity contribution in [1.29, 1.82) is 0 Å². The largest absolute Gasteiger partial charge is 0.545 e. The Balaban J connectivity index is 2.32. The Morgan fingerprint density at radius 1 is 1.05 bits per heavy atom. The van der Waals surface area contributed by atoms with E-state index in [2.05, 4.69) is 6.58 Å². The third-order valence-corrected chi connectivity index (χ3v) is 2.81. The van der Waals surface area contributed by atoms with Crippen molar-refractivity contribution >= 4 is 18.1 Å². The van der Waals surface area contributed by atoms with E-state index in [0.717, 1.165) is 28.3 Å². The van der Waals surface area contributed by atoms with Gasteiger partial charge in [-0.1, -0.05) is 67.3 Å². The van der Waals surface area contributed by atoms with Crippen LogP contribution < -0.4 is 5.11 Å². The lowest BCUT2D eigenvalue weighted by Crippen LogP contribution is -2.18. The molecular weight excluding hydrogens is 236 g/mol. The minimum Gasteiger partial charge on any atom is -0.545 e. The first-order chi connectivity index (χ1) is 9.20. The van der Waals surface area contributed by atoms with Crippen LogP contribution >= 0.6 is 0 Å². The Labute approximate surface area is 112 Å². The molecule has 0 aliphatic carbocycles. The summed E-state index contributed by atoms with van der Waals surface area (Å²) in [5.41, 5.74) is 4.07. The van der Waals surface area contributed by atoms with Crippen molar-refractivity contribution in [2.45, 2.75) is 0 Å². The normalized spacial score (nSPS) is 10.5. The summed E-state index contributed by atoms with van der Waals surface area (Å²) in [7, 11) is 0. The second-order valence-electron chi connectivity index (χ2n) is 4.07. The molecule has 19 heavy (non-hydrogen) atoms. The number of carbonyl (C=O) groups is 1. The highest BCUT2D eigenvalue weighted by Gasteiger charge is 2.01. The molecule has 2 heteroatoms. The van der Waals surface area contributed by atoms with E-state index in [-0.39, 0.29) is 0 Å². The smallest absolute Gasteiger partial charge is 0.0643 e. The average Bonchev–Trinajstić information content (AvgIpc) is 2.45. The van der Waals surface area contributed by atoms with Crippen molar-refractivity contribution in [3.8, 4) is 11.1 Å². The third kappa shape index (κ3) is 3.19. The number of hydrogen-bond donors (Lipinski definition) is 0. The molecule has 0 amide bonds. The summed E-state index contributed by atoms with van der Waals surface area (Å²) in [6, 6.07) is 15.6. The van der Waals surface area contributed by atoms with Gasteiger partial charge in [0, 0.05) is 0 Å². The Morgan fingerprint density at radius 2 is 1.74 bits per heavy atom. The zero-order valence-electron chi connectivity index (χ0n) is 10.4. The topological polar surface area (TPSA) is 40.1 Å². The zero-order valence-corrected chi connectivity index (χ0v) is 10.4. The van der Waals surface area contributed by atoms with Crippen molar-refractivity contribution in [2.75, 3.05) is 0 Å². The van der Waals surface area contributed by atoms with E-state index in [0.29, 0.717) is 0 Å². The van der Waals surface area contributed by atoms with Gasteiger partial charge in [-0.25, -0.2) is 0 Å². The molecule has 0 aliphatic rings. The number of hydrogen-bond acceptors (Lipinski definition) is 2. The van der Waals surface area contributed by atoms with Crippen molar-refractivity contribution < 1.29 is 9.90 Å². The standard InChI is InChI=1S/C17H14O2/c1-2-14-5-3-4-6-16(14)15-10-7-13(8-11-15)9-12-17(18)19/h2-12H,1H2,(H,18,19)/p-1/b12-9+. The molecule has 2 rings (SSSR count). The molecule has 2 aromatic carbocycles.